The van der Waals surface area contributed by atoms with Gasteiger partial charge in [-0.25, -0.2) is 0 Å². The molecule has 0 amide bonds. The van der Waals surface area contributed by atoms with Crippen molar-refractivity contribution in [2.24, 2.45) is 0 Å². The average Bonchev–Trinajstić information content (AvgIpc) is 2.79. The lowest BCUT2D eigenvalue weighted by molar-refractivity contribution is 0.261. The van der Waals surface area contributed by atoms with Gasteiger partial charge in [0.15, 0.2) is 0 Å². The third-order valence-corrected chi connectivity index (χ3v) is 3.77. The zero-order valence-electron chi connectivity index (χ0n) is 10.7. The fourth-order valence-electron chi connectivity index (χ4n) is 2.89. The van der Waals surface area contributed by atoms with Crippen molar-refractivity contribution in [3.05, 3.63) is 60.0 Å². The SMILES string of the molecule is C1=CC2=C(CC1)c1cc3ccccc3n1/C=C\CO2. The monoisotopic (exact) mass is 249 g/mol. The van der Waals surface area contributed by atoms with Crippen molar-refractivity contribution < 1.29 is 4.74 Å². The summed E-state index contributed by atoms with van der Waals surface area (Å²) in [6, 6.07) is 10.8. The minimum Gasteiger partial charge on any atom is -0.489 e. The Labute approximate surface area is 112 Å². The van der Waals surface area contributed by atoms with Crippen LogP contribution in [-0.4, -0.2) is 11.2 Å². The lowest BCUT2D eigenvalue weighted by Crippen LogP contribution is -2.05. The molecule has 0 saturated heterocycles. The smallest absolute Gasteiger partial charge is 0.124 e. The van der Waals surface area contributed by atoms with Crippen LogP contribution in [0.3, 0.4) is 0 Å². The van der Waals surface area contributed by atoms with Crippen molar-refractivity contribution in [1.29, 1.82) is 0 Å². The van der Waals surface area contributed by atoms with Crippen LogP contribution < -0.4 is 0 Å². The van der Waals surface area contributed by atoms with Gasteiger partial charge in [-0.2, -0.15) is 0 Å². The van der Waals surface area contributed by atoms with E-state index in [2.05, 4.69) is 59.3 Å². The Balaban J connectivity index is 2.05. The fraction of sp³-hybridized carbons (Fsp3) is 0.176. The zero-order valence-corrected chi connectivity index (χ0v) is 10.7. The van der Waals surface area contributed by atoms with Gasteiger partial charge in [0.05, 0.1) is 11.2 Å². The van der Waals surface area contributed by atoms with Crippen LogP contribution in [0.25, 0.3) is 22.7 Å². The maximum atomic E-state index is 5.83. The molecule has 0 radical (unpaired) electrons. The quantitative estimate of drug-likeness (QED) is 0.682. The summed E-state index contributed by atoms with van der Waals surface area (Å²) in [4.78, 5) is 0. The highest BCUT2D eigenvalue weighted by molar-refractivity contribution is 5.88. The highest BCUT2D eigenvalue weighted by Crippen LogP contribution is 2.34. The van der Waals surface area contributed by atoms with Crippen molar-refractivity contribution in [2.45, 2.75) is 12.8 Å². The van der Waals surface area contributed by atoms with Crippen LogP contribution in [0.15, 0.2) is 54.3 Å². The van der Waals surface area contributed by atoms with Gasteiger partial charge < -0.3 is 9.30 Å². The number of allylic oxidation sites excluding steroid dienone is 3. The van der Waals surface area contributed by atoms with E-state index in [1.807, 2.05) is 0 Å². The molecule has 0 saturated carbocycles. The van der Waals surface area contributed by atoms with Crippen molar-refractivity contribution in [3.8, 4) is 0 Å². The van der Waals surface area contributed by atoms with Crippen LogP contribution in [0.4, 0.5) is 0 Å². The summed E-state index contributed by atoms with van der Waals surface area (Å²) in [6.07, 6.45) is 10.6. The summed E-state index contributed by atoms with van der Waals surface area (Å²) in [6.45, 7) is 0.634. The van der Waals surface area contributed by atoms with Crippen molar-refractivity contribution >= 4 is 22.7 Å². The first-order valence-corrected chi connectivity index (χ1v) is 6.73. The Morgan fingerprint density at radius 1 is 1.11 bits per heavy atom. The van der Waals surface area contributed by atoms with Gasteiger partial charge in [-0.15, -0.1) is 0 Å². The standard InChI is InChI=1S/C17H15NO/c1-3-8-15-13(6-1)12-16-14-7-2-4-9-17(14)19-11-5-10-18(15)16/h1,3-6,8-10,12H,2,7,11H2/b10-5-. The van der Waals surface area contributed by atoms with Gasteiger partial charge in [0.2, 0.25) is 0 Å². The van der Waals surface area contributed by atoms with Gasteiger partial charge in [-0.3, -0.25) is 0 Å². The second-order valence-electron chi connectivity index (χ2n) is 4.94. The number of hydrogen-bond donors (Lipinski definition) is 0. The Morgan fingerprint density at radius 2 is 2.05 bits per heavy atom. The van der Waals surface area contributed by atoms with Gasteiger partial charge in [-0.1, -0.05) is 24.3 Å². The Bertz CT molecular complexity index is 731. The summed E-state index contributed by atoms with van der Waals surface area (Å²) in [5.41, 5.74) is 3.84. The summed E-state index contributed by atoms with van der Waals surface area (Å²) >= 11 is 0. The van der Waals surface area contributed by atoms with Crippen molar-refractivity contribution in [1.82, 2.24) is 4.57 Å². The molecule has 2 heteroatoms. The predicted octanol–water partition coefficient (Wildman–Crippen LogP) is 4.20. The Hall–Kier alpha value is -2.22. The molecule has 1 aromatic carbocycles. The first kappa shape index (κ1) is 10.7. The van der Waals surface area contributed by atoms with Crippen LogP contribution in [0.1, 0.15) is 18.5 Å². The van der Waals surface area contributed by atoms with Crippen LogP contribution in [-0.2, 0) is 4.74 Å². The molecule has 94 valence electrons. The average molecular weight is 249 g/mol. The number of rotatable bonds is 0. The minimum absolute atomic E-state index is 0.634. The molecule has 4 rings (SSSR count). The van der Waals surface area contributed by atoms with E-state index in [9.17, 15) is 0 Å². The molecular formula is C17H15NO. The number of hydrogen-bond acceptors (Lipinski definition) is 1. The third kappa shape index (κ3) is 1.64. The van der Waals surface area contributed by atoms with Crippen LogP contribution >= 0.6 is 0 Å². The van der Waals surface area contributed by atoms with Crippen molar-refractivity contribution in [3.63, 3.8) is 0 Å². The predicted molar refractivity (Wildman–Crippen MR) is 78.5 cm³/mol. The number of ether oxygens (including phenoxy) is 1. The van der Waals surface area contributed by atoms with E-state index in [1.165, 1.54) is 22.2 Å². The van der Waals surface area contributed by atoms with Gasteiger partial charge >= 0.3 is 0 Å². The number of nitrogens with zero attached hydrogens (tertiary/aromatic N) is 1. The number of para-hydroxylation sites is 1. The van der Waals surface area contributed by atoms with E-state index in [-0.39, 0.29) is 0 Å². The maximum Gasteiger partial charge on any atom is 0.124 e. The molecule has 0 bridgehead atoms. The molecular weight excluding hydrogens is 234 g/mol. The maximum absolute atomic E-state index is 5.83. The summed E-state index contributed by atoms with van der Waals surface area (Å²) in [7, 11) is 0. The van der Waals surface area contributed by atoms with E-state index >= 15 is 0 Å². The van der Waals surface area contributed by atoms with Gasteiger partial charge in [0, 0.05) is 17.2 Å². The summed E-state index contributed by atoms with van der Waals surface area (Å²) in [5, 5.41) is 1.28. The van der Waals surface area contributed by atoms with Crippen LogP contribution in [0.5, 0.6) is 0 Å². The number of fused-ring (bicyclic) bond motifs is 4. The van der Waals surface area contributed by atoms with Crippen molar-refractivity contribution in [2.75, 3.05) is 6.61 Å². The van der Waals surface area contributed by atoms with E-state index in [0.717, 1.165) is 18.6 Å². The van der Waals surface area contributed by atoms with Crippen LogP contribution in [0, 0.1) is 0 Å². The lowest BCUT2D eigenvalue weighted by atomic mass is 10.00. The first-order chi connectivity index (χ1) is 9.43. The molecule has 1 aliphatic carbocycles. The van der Waals surface area contributed by atoms with Gasteiger partial charge in [0.25, 0.3) is 0 Å². The zero-order chi connectivity index (χ0) is 12.7. The molecule has 0 fully saturated rings. The highest BCUT2D eigenvalue weighted by Gasteiger charge is 2.18. The van der Waals surface area contributed by atoms with E-state index in [1.54, 1.807) is 0 Å². The molecule has 1 aromatic heterocycles. The van der Waals surface area contributed by atoms with Gasteiger partial charge in [-0.05, 0) is 37.1 Å². The molecule has 19 heavy (non-hydrogen) atoms. The molecule has 1 aliphatic heterocycles. The second-order valence-corrected chi connectivity index (χ2v) is 4.94. The van der Waals surface area contributed by atoms with E-state index < -0.39 is 0 Å². The molecule has 0 unspecified atom stereocenters. The molecule has 2 heterocycles. The minimum atomic E-state index is 0.634. The summed E-state index contributed by atoms with van der Waals surface area (Å²) < 4.78 is 8.12. The number of benzene rings is 1. The molecule has 2 nitrogen and oxygen atoms in total. The second kappa shape index (κ2) is 4.16. The highest BCUT2D eigenvalue weighted by atomic mass is 16.5. The van der Waals surface area contributed by atoms with Gasteiger partial charge in [0.1, 0.15) is 12.4 Å². The Kier molecular flexibility index (Phi) is 2.34. The first-order valence-electron chi connectivity index (χ1n) is 6.73. The molecule has 2 aromatic rings. The molecule has 0 atom stereocenters. The van der Waals surface area contributed by atoms with E-state index in [0.29, 0.717) is 6.61 Å². The fourth-order valence-corrected chi connectivity index (χ4v) is 2.89. The molecule has 2 aliphatic rings. The largest absolute Gasteiger partial charge is 0.489 e. The Morgan fingerprint density at radius 3 is 3.05 bits per heavy atom. The topological polar surface area (TPSA) is 14.2 Å². The third-order valence-electron chi connectivity index (χ3n) is 3.77. The van der Waals surface area contributed by atoms with E-state index in [4.69, 9.17) is 4.74 Å². The summed E-state index contributed by atoms with van der Waals surface area (Å²) in [5.74, 6) is 1.03. The number of aromatic nitrogens is 1. The molecule has 0 spiro atoms. The normalized spacial score (nSPS) is 19.4. The van der Waals surface area contributed by atoms with Crippen LogP contribution in [0.2, 0.25) is 0 Å². The molecule has 0 N–H and O–H groups in total. The lowest BCUT2D eigenvalue weighted by Gasteiger charge is -2.19.